The number of likely N-dealkylation sites (tertiary alicyclic amines) is 1. The molecule has 30 heavy (non-hydrogen) atoms. The molecular formula is C21H25N3O6. The molecule has 1 amide bonds. The predicted octanol–water partition coefficient (Wildman–Crippen LogP) is 3.85. The largest absolute Gasteiger partial charge is 0.490 e. The average Bonchev–Trinajstić information content (AvgIpc) is 3.12. The van der Waals surface area contributed by atoms with Crippen LogP contribution in [-0.2, 0) is 4.79 Å². The summed E-state index contributed by atoms with van der Waals surface area (Å²) in [6.07, 6.45) is 6.37. The molecule has 0 bridgehead atoms. The van der Waals surface area contributed by atoms with E-state index >= 15 is 0 Å². The highest BCUT2D eigenvalue weighted by Gasteiger charge is 2.22. The van der Waals surface area contributed by atoms with Crippen molar-refractivity contribution in [3.05, 3.63) is 45.3 Å². The highest BCUT2D eigenvalue weighted by molar-refractivity contribution is 5.78. The van der Waals surface area contributed by atoms with E-state index in [1.807, 2.05) is 11.8 Å². The first-order valence-electron chi connectivity index (χ1n) is 9.95. The van der Waals surface area contributed by atoms with E-state index in [0.29, 0.717) is 18.1 Å². The Kier molecular flexibility index (Phi) is 7.05. The summed E-state index contributed by atoms with van der Waals surface area (Å²) in [7, 11) is 0. The van der Waals surface area contributed by atoms with E-state index < -0.39 is 4.92 Å². The van der Waals surface area contributed by atoms with Crippen molar-refractivity contribution in [3.8, 4) is 11.5 Å². The van der Waals surface area contributed by atoms with Crippen molar-refractivity contribution in [2.75, 3.05) is 26.3 Å². The van der Waals surface area contributed by atoms with Gasteiger partial charge in [0, 0.05) is 13.1 Å². The number of rotatable bonds is 8. The smallest absolute Gasteiger partial charge is 0.338 e. The van der Waals surface area contributed by atoms with E-state index in [4.69, 9.17) is 14.0 Å². The van der Waals surface area contributed by atoms with Gasteiger partial charge in [0.15, 0.2) is 23.8 Å². The standard InChI is InChI=1S/C21H25N3O6/c1-3-28-19-13-16(8-10-18-21(24(26)27)15(2)22-30-18)7-9-17(19)29-14-20(25)23-11-5-4-6-12-23/h7-10,13H,3-6,11-12,14H2,1-2H3. The Hall–Kier alpha value is -3.36. The van der Waals surface area contributed by atoms with Crippen molar-refractivity contribution < 1.29 is 23.7 Å². The predicted molar refractivity (Wildman–Crippen MR) is 110 cm³/mol. The van der Waals surface area contributed by atoms with Gasteiger partial charge in [-0.1, -0.05) is 17.3 Å². The molecule has 2 aromatic rings. The number of hydrogen-bond acceptors (Lipinski definition) is 7. The number of amides is 1. The number of piperidine rings is 1. The third-order valence-corrected chi connectivity index (χ3v) is 4.79. The maximum Gasteiger partial charge on any atom is 0.338 e. The van der Waals surface area contributed by atoms with Crippen LogP contribution in [0.25, 0.3) is 12.2 Å². The summed E-state index contributed by atoms with van der Waals surface area (Å²) in [6, 6.07) is 5.23. The summed E-state index contributed by atoms with van der Waals surface area (Å²) in [5.74, 6) is 1.01. The van der Waals surface area contributed by atoms with Crippen molar-refractivity contribution >= 4 is 23.7 Å². The van der Waals surface area contributed by atoms with E-state index in [1.54, 1.807) is 24.3 Å². The summed E-state index contributed by atoms with van der Waals surface area (Å²) >= 11 is 0. The molecule has 1 aromatic carbocycles. The van der Waals surface area contributed by atoms with Crippen LogP contribution in [0.15, 0.2) is 22.7 Å². The summed E-state index contributed by atoms with van der Waals surface area (Å²) in [6.45, 7) is 5.31. The Morgan fingerprint density at radius 3 is 2.70 bits per heavy atom. The number of hydrogen-bond donors (Lipinski definition) is 0. The minimum atomic E-state index is -0.520. The lowest BCUT2D eigenvalue weighted by Crippen LogP contribution is -2.38. The second-order valence-corrected chi connectivity index (χ2v) is 6.94. The fourth-order valence-electron chi connectivity index (χ4n) is 3.28. The maximum absolute atomic E-state index is 12.3. The molecule has 9 heteroatoms. The van der Waals surface area contributed by atoms with Gasteiger partial charge in [-0.05, 0) is 56.9 Å². The van der Waals surface area contributed by atoms with Crippen molar-refractivity contribution in [3.63, 3.8) is 0 Å². The number of nitro groups is 1. The number of aromatic nitrogens is 1. The van der Waals surface area contributed by atoms with Crippen LogP contribution in [0.1, 0.15) is 43.2 Å². The lowest BCUT2D eigenvalue weighted by molar-refractivity contribution is -0.386. The summed E-state index contributed by atoms with van der Waals surface area (Å²) in [4.78, 5) is 24.8. The van der Waals surface area contributed by atoms with Gasteiger partial charge in [0.05, 0.1) is 11.5 Å². The molecule has 1 aliphatic rings. The first-order valence-corrected chi connectivity index (χ1v) is 9.95. The second kappa shape index (κ2) is 9.91. The van der Waals surface area contributed by atoms with Gasteiger partial charge < -0.3 is 18.9 Å². The monoisotopic (exact) mass is 415 g/mol. The van der Waals surface area contributed by atoms with Crippen LogP contribution in [0, 0.1) is 17.0 Å². The van der Waals surface area contributed by atoms with E-state index in [-0.39, 0.29) is 29.7 Å². The third-order valence-electron chi connectivity index (χ3n) is 4.79. The van der Waals surface area contributed by atoms with E-state index in [0.717, 1.165) is 37.9 Å². The van der Waals surface area contributed by atoms with Crippen molar-refractivity contribution in [2.24, 2.45) is 0 Å². The number of ether oxygens (including phenoxy) is 2. The quantitative estimate of drug-likeness (QED) is 0.476. The number of aryl methyl sites for hydroxylation is 1. The van der Waals surface area contributed by atoms with Gasteiger partial charge in [-0.3, -0.25) is 14.9 Å². The molecule has 2 heterocycles. The van der Waals surface area contributed by atoms with Crippen molar-refractivity contribution in [1.82, 2.24) is 10.1 Å². The van der Waals surface area contributed by atoms with Gasteiger partial charge in [0.1, 0.15) is 0 Å². The lowest BCUT2D eigenvalue weighted by Gasteiger charge is -2.26. The molecule has 160 valence electrons. The van der Waals surface area contributed by atoms with Gasteiger partial charge in [-0.25, -0.2) is 0 Å². The van der Waals surface area contributed by atoms with E-state index in [2.05, 4.69) is 5.16 Å². The highest BCUT2D eigenvalue weighted by Crippen LogP contribution is 2.30. The van der Waals surface area contributed by atoms with Crippen LogP contribution in [0.5, 0.6) is 11.5 Å². The van der Waals surface area contributed by atoms with Gasteiger partial charge in [-0.2, -0.15) is 0 Å². The normalized spacial score (nSPS) is 14.1. The van der Waals surface area contributed by atoms with Crippen LogP contribution < -0.4 is 9.47 Å². The fourth-order valence-corrected chi connectivity index (χ4v) is 3.28. The zero-order valence-electron chi connectivity index (χ0n) is 17.1. The molecule has 3 rings (SSSR count). The molecule has 0 aliphatic carbocycles. The molecule has 0 N–H and O–H groups in total. The molecule has 0 radical (unpaired) electrons. The first-order chi connectivity index (χ1) is 14.5. The Morgan fingerprint density at radius 1 is 1.23 bits per heavy atom. The van der Waals surface area contributed by atoms with Gasteiger partial charge >= 0.3 is 5.69 Å². The lowest BCUT2D eigenvalue weighted by atomic mass is 10.1. The van der Waals surface area contributed by atoms with Gasteiger partial charge in [0.25, 0.3) is 5.91 Å². The highest BCUT2D eigenvalue weighted by atomic mass is 16.6. The SMILES string of the molecule is CCOc1cc(C=Cc2onc(C)c2[N+](=O)[O-])ccc1OCC(=O)N1CCCCC1. The minimum absolute atomic E-state index is 0.0332. The molecule has 1 fully saturated rings. The molecular weight excluding hydrogens is 390 g/mol. The van der Waals surface area contributed by atoms with Crippen molar-refractivity contribution in [1.29, 1.82) is 0 Å². The summed E-state index contributed by atoms with van der Waals surface area (Å²) in [5, 5.41) is 14.8. The van der Waals surface area contributed by atoms with Crippen LogP contribution in [0.3, 0.4) is 0 Å². The average molecular weight is 415 g/mol. The fraction of sp³-hybridized carbons (Fsp3) is 0.429. The van der Waals surface area contributed by atoms with Crippen LogP contribution in [0.4, 0.5) is 5.69 Å². The zero-order valence-corrected chi connectivity index (χ0v) is 17.1. The number of benzene rings is 1. The molecule has 9 nitrogen and oxygen atoms in total. The Bertz CT molecular complexity index is 931. The van der Waals surface area contributed by atoms with Gasteiger partial charge in [-0.15, -0.1) is 0 Å². The topological polar surface area (TPSA) is 108 Å². The maximum atomic E-state index is 12.3. The van der Waals surface area contributed by atoms with Crippen LogP contribution in [-0.4, -0.2) is 47.2 Å². The molecule has 0 unspecified atom stereocenters. The number of carbonyl (C=O) groups excluding carboxylic acids is 1. The van der Waals surface area contributed by atoms with E-state index in [9.17, 15) is 14.9 Å². The molecule has 1 aromatic heterocycles. The third kappa shape index (κ3) is 5.16. The molecule has 0 atom stereocenters. The van der Waals surface area contributed by atoms with Crippen molar-refractivity contribution in [2.45, 2.75) is 33.1 Å². The number of nitrogens with zero attached hydrogens (tertiary/aromatic N) is 3. The summed E-state index contributed by atoms with van der Waals surface area (Å²) < 4.78 is 16.4. The Morgan fingerprint density at radius 2 is 2.00 bits per heavy atom. The Labute approximate surface area is 174 Å². The molecule has 1 aliphatic heterocycles. The van der Waals surface area contributed by atoms with Crippen LogP contribution in [0.2, 0.25) is 0 Å². The van der Waals surface area contributed by atoms with Crippen LogP contribution >= 0.6 is 0 Å². The number of carbonyl (C=O) groups is 1. The first kappa shape index (κ1) is 21.4. The minimum Gasteiger partial charge on any atom is -0.490 e. The molecule has 1 saturated heterocycles. The summed E-state index contributed by atoms with van der Waals surface area (Å²) in [5.41, 5.74) is 0.792. The van der Waals surface area contributed by atoms with Gasteiger partial charge in [0.2, 0.25) is 5.76 Å². The second-order valence-electron chi connectivity index (χ2n) is 6.94. The molecule has 0 spiro atoms. The van der Waals surface area contributed by atoms with E-state index in [1.165, 1.54) is 13.0 Å². The zero-order chi connectivity index (χ0) is 21.5. The molecule has 0 saturated carbocycles. The Balaban J connectivity index is 1.71.